The second kappa shape index (κ2) is 5.76. The average molecular weight is 275 g/mol. The van der Waals surface area contributed by atoms with Gasteiger partial charge in [-0.05, 0) is 6.07 Å². The van der Waals surface area contributed by atoms with Crippen molar-refractivity contribution in [1.29, 1.82) is 0 Å². The fraction of sp³-hybridized carbons (Fsp3) is 0.571. The topological polar surface area (TPSA) is 48.1 Å². The number of nitrogens with zero attached hydrogens (tertiary/aromatic N) is 5. The van der Waals surface area contributed by atoms with Gasteiger partial charge in [0, 0.05) is 58.3 Å². The van der Waals surface area contributed by atoms with Crippen molar-refractivity contribution in [3.63, 3.8) is 0 Å². The average Bonchev–Trinajstić information content (AvgIpc) is 2.97. The van der Waals surface area contributed by atoms with E-state index in [-0.39, 0.29) is 0 Å². The van der Waals surface area contributed by atoms with Gasteiger partial charge >= 0.3 is 0 Å². The van der Waals surface area contributed by atoms with Gasteiger partial charge in [0.15, 0.2) is 0 Å². The Kier molecular flexibility index (Phi) is 3.84. The molecule has 0 radical (unpaired) electrons. The molecule has 2 aromatic rings. The summed E-state index contributed by atoms with van der Waals surface area (Å²) in [7, 11) is 3.80. The fourth-order valence-corrected chi connectivity index (χ4v) is 2.83. The molecule has 0 fully saturated rings. The lowest BCUT2D eigenvalue weighted by atomic mass is 10.1. The molecule has 0 saturated heterocycles. The van der Waals surface area contributed by atoms with Gasteiger partial charge in [-0.25, -0.2) is 4.98 Å². The first kappa shape index (κ1) is 13.3. The Morgan fingerprint density at radius 1 is 1.35 bits per heavy atom. The van der Waals surface area contributed by atoms with Gasteiger partial charge in [0.2, 0.25) is 0 Å². The van der Waals surface area contributed by atoms with E-state index in [4.69, 9.17) is 4.74 Å². The highest BCUT2D eigenvalue weighted by atomic mass is 16.5. The van der Waals surface area contributed by atoms with Crippen LogP contribution >= 0.6 is 0 Å². The molecule has 108 valence electrons. The summed E-state index contributed by atoms with van der Waals surface area (Å²) < 4.78 is 9.52. The molecule has 3 rings (SSSR count). The van der Waals surface area contributed by atoms with Crippen molar-refractivity contribution in [2.75, 3.05) is 20.3 Å². The highest BCUT2D eigenvalue weighted by molar-refractivity contribution is 5.03. The largest absolute Gasteiger partial charge is 0.384 e. The Hall–Kier alpha value is -1.66. The number of hydrogen-bond donors (Lipinski definition) is 0. The molecule has 6 nitrogen and oxygen atoms in total. The summed E-state index contributed by atoms with van der Waals surface area (Å²) in [4.78, 5) is 6.85. The molecule has 6 heteroatoms. The molecule has 0 spiro atoms. The van der Waals surface area contributed by atoms with E-state index in [1.165, 1.54) is 5.69 Å². The third-order valence-corrected chi connectivity index (χ3v) is 3.83. The number of aromatic nitrogens is 4. The van der Waals surface area contributed by atoms with E-state index in [9.17, 15) is 0 Å². The van der Waals surface area contributed by atoms with Crippen LogP contribution in [0.15, 0.2) is 24.7 Å². The second-order valence-corrected chi connectivity index (χ2v) is 5.45. The van der Waals surface area contributed by atoms with Crippen LogP contribution in [0.4, 0.5) is 0 Å². The van der Waals surface area contributed by atoms with Gasteiger partial charge in [0.1, 0.15) is 5.82 Å². The summed E-state index contributed by atoms with van der Waals surface area (Å²) in [6.07, 6.45) is 5.72. The van der Waals surface area contributed by atoms with E-state index in [0.717, 1.165) is 38.6 Å². The van der Waals surface area contributed by atoms with E-state index in [1.54, 1.807) is 7.11 Å². The highest BCUT2D eigenvalue weighted by Crippen LogP contribution is 2.17. The molecular formula is C14H21N5O. The lowest BCUT2D eigenvalue weighted by Gasteiger charge is -2.23. The Bertz CT molecular complexity index is 561. The normalized spacial score (nSPS) is 19.8. The predicted octanol–water partition coefficient (Wildman–Crippen LogP) is 0.895. The van der Waals surface area contributed by atoms with Crippen molar-refractivity contribution in [1.82, 2.24) is 24.2 Å². The first-order valence-electron chi connectivity index (χ1n) is 6.94. The summed E-state index contributed by atoms with van der Waals surface area (Å²) in [6, 6.07) is 2.10. The molecule has 0 saturated carbocycles. The maximum atomic E-state index is 5.35. The molecule has 0 N–H and O–H groups in total. The van der Waals surface area contributed by atoms with E-state index >= 15 is 0 Å². The van der Waals surface area contributed by atoms with Gasteiger partial charge in [0.25, 0.3) is 0 Å². The molecule has 1 aliphatic rings. The van der Waals surface area contributed by atoms with Crippen LogP contribution in [0, 0.1) is 5.92 Å². The van der Waals surface area contributed by atoms with Crippen molar-refractivity contribution >= 4 is 0 Å². The van der Waals surface area contributed by atoms with E-state index < -0.39 is 0 Å². The van der Waals surface area contributed by atoms with E-state index in [1.807, 2.05) is 25.6 Å². The minimum absolute atomic E-state index is 0.460. The molecule has 1 aliphatic heterocycles. The molecular weight excluding hydrogens is 254 g/mol. The number of ether oxygens (including phenoxy) is 1. The van der Waals surface area contributed by atoms with E-state index in [0.29, 0.717) is 5.92 Å². The maximum Gasteiger partial charge on any atom is 0.122 e. The van der Waals surface area contributed by atoms with Crippen molar-refractivity contribution < 1.29 is 4.74 Å². The quantitative estimate of drug-likeness (QED) is 0.831. The van der Waals surface area contributed by atoms with Gasteiger partial charge in [-0.2, -0.15) is 5.10 Å². The summed E-state index contributed by atoms with van der Waals surface area (Å²) >= 11 is 0. The van der Waals surface area contributed by atoms with Gasteiger partial charge < -0.3 is 9.30 Å². The number of methoxy groups -OCH3 is 1. The first-order chi connectivity index (χ1) is 9.76. The molecule has 0 aliphatic carbocycles. The smallest absolute Gasteiger partial charge is 0.122 e. The zero-order valence-corrected chi connectivity index (χ0v) is 12.1. The third kappa shape index (κ3) is 2.76. The fourth-order valence-electron chi connectivity index (χ4n) is 2.83. The number of aryl methyl sites for hydroxylation is 1. The zero-order chi connectivity index (χ0) is 13.9. The summed E-state index contributed by atoms with van der Waals surface area (Å²) in [6.45, 7) is 4.45. The summed E-state index contributed by atoms with van der Waals surface area (Å²) in [5.74, 6) is 1.55. The first-order valence-corrected chi connectivity index (χ1v) is 6.94. The van der Waals surface area contributed by atoms with Crippen molar-refractivity contribution in [2.24, 2.45) is 13.0 Å². The van der Waals surface area contributed by atoms with Crippen LogP contribution in [0.3, 0.4) is 0 Å². The molecule has 0 amide bonds. The molecule has 3 heterocycles. The Morgan fingerprint density at radius 3 is 3.00 bits per heavy atom. The minimum Gasteiger partial charge on any atom is -0.384 e. The van der Waals surface area contributed by atoms with Crippen LogP contribution in [-0.4, -0.2) is 44.5 Å². The van der Waals surface area contributed by atoms with E-state index in [2.05, 4.69) is 30.3 Å². The molecule has 2 aromatic heterocycles. The number of rotatable bonds is 4. The number of hydrogen-bond acceptors (Lipinski definition) is 4. The second-order valence-electron chi connectivity index (χ2n) is 5.45. The monoisotopic (exact) mass is 275 g/mol. The maximum absolute atomic E-state index is 5.35. The van der Waals surface area contributed by atoms with Gasteiger partial charge in [0.05, 0.1) is 18.8 Å². The lowest BCUT2D eigenvalue weighted by molar-refractivity contribution is 0.113. The SMILES string of the molecule is COCC1CN(Cc2nccn2C)Cc2ccnn2C1. The predicted molar refractivity (Wildman–Crippen MR) is 74.9 cm³/mol. The standard InChI is InChI=1S/C14H21N5O/c1-17-6-5-15-14(17)10-18-7-12(11-20-2)8-19-13(9-18)3-4-16-19/h3-6,12H,7-11H2,1-2H3. The van der Waals surface area contributed by atoms with Crippen molar-refractivity contribution in [3.8, 4) is 0 Å². The minimum atomic E-state index is 0.460. The summed E-state index contributed by atoms with van der Waals surface area (Å²) in [5.41, 5.74) is 1.26. The van der Waals surface area contributed by atoms with Crippen LogP contribution in [0.25, 0.3) is 0 Å². The molecule has 0 bridgehead atoms. The van der Waals surface area contributed by atoms with Gasteiger partial charge in [-0.1, -0.05) is 0 Å². The number of imidazole rings is 1. The molecule has 1 unspecified atom stereocenters. The Labute approximate surface area is 119 Å². The van der Waals surface area contributed by atoms with Gasteiger partial charge in [-0.15, -0.1) is 0 Å². The zero-order valence-electron chi connectivity index (χ0n) is 12.1. The Morgan fingerprint density at radius 2 is 2.25 bits per heavy atom. The van der Waals surface area contributed by atoms with Crippen LogP contribution in [-0.2, 0) is 31.4 Å². The molecule has 0 aromatic carbocycles. The molecule has 1 atom stereocenters. The number of fused-ring (bicyclic) bond motifs is 1. The van der Waals surface area contributed by atoms with Crippen molar-refractivity contribution in [2.45, 2.75) is 19.6 Å². The summed E-state index contributed by atoms with van der Waals surface area (Å²) in [5, 5.41) is 4.41. The highest BCUT2D eigenvalue weighted by Gasteiger charge is 2.23. The molecule has 20 heavy (non-hydrogen) atoms. The Balaban J connectivity index is 1.78. The van der Waals surface area contributed by atoms with Crippen LogP contribution in [0.2, 0.25) is 0 Å². The van der Waals surface area contributed by atoms with Crippen molar-refractivity contribution in [3.05, 3.63) is 36.2 Å². The third-order valence-electron chi connectivity index (χ3n) is 3.83. The lowest BCUT2D eigenvalue weighted by Crippen LogP contribution is -2.30. The van der Waals surface area contributed by atoms with Crippen LogP contribution in [0.1, 0.15) is 11.5 Å². The van der Waals surface area contributed by atoms with Crippen LogP contribution < -0.4 is 0 Å². The van der Waals surface area contributed by atoms with Crippen LogP contribution in [0.5, 0.6) is 0 Å². The van der Waals surface area contributed by atoms with Gasteiger partial charge in [-0.3, -0.25) is 9.58 Å².